The van der Waals surface area contributed by atoms with Gasteiger partial charge in [0, 0.05) is 38.2 Å². The second-order valence-electron chi connectivity index (χ2n) is 7.04. The molecule has 28 heavy (non-hydrogen) atoms. The number of nitrogens with zero attached hydrogens (tertiary/aromatic N) is 3. The fourth-order valence-corrected chi connectivity index (χ4v) is 3.88. The summed E-state index contributed by atoms with van der Waals surface area (Å²) in [5, 5.41) is 6.88. The number of nitrogen functional groups attached to an aromatic ring is 1. The van der Waals surface area contributed by atoms with Gasteiger partial charge in [-0.15, -0.1) is 24.8 Å². The van der Waals surface area contributed by atoms with Crippen LogP contribution in [0.4, 0.5) is 21.8 Å². The van der Waals surface area contributed by atoms with Gasteiger partial charge < -0.3 is 21.3 Å². The van der Waals surface area contributed by atoms with E-state index in [9.17, 15) is 4.39 Å². The molecule has 154 valence electrons. The van der Waals surface area contributed by atoms with E-state index in [1.165, 1.54) is 11.6 Å². The van der Waals surface area contributed by atoms with E-state index in [1.807, 2.05) is 12.1 Å². The molecule has 2 aliphatic rings. The lowest BCUT2D eigenvalue weighted by Gasteiger charge is -2.20. The maximum atomic E-state index is 14.0. The van der Waals surface area contributed by atoms with E-state index >= 15 is 0 Å². The van der Waals surface area contributed by atoms with Gasteiger partial charge in [0.2, 0.25) is 5.95 Å². The first kappa shape index (κ1) is 22.5. The number of para-hydroxylation sites is 1. The van der Waals surface area contributed by atoms with Crippen LogP contribution >= 0.6 is 24.8 Å². The summed E-state index contributed by atoms with van der Waals surface area (Å²) in [7, 11) is 0. The van der Waals surface area contributed by atoms with Gasteiger partial charge in [0.15, 0.2) is 0 Å². The lowest BCUT2D eigenvalue weighted by atomic mass is 10.1. The molecule has 0 spiro atoms. The van der Waals surface area contributed by atoms with Gasteiger partial charge in [-0.25, -0.2) is 9.37 Å². The van der Waals surface area contributed by atoms with Gasteiger partial charge in [0.1, 0.15) is 11.6 Å². The van der Waals surface area contributed by atoms with Crippen molar-refractivity contribution in [3.8, 4) is 0 Å². The number of fused-ring (bicyclic) bond motifs is 1. The third-order valence-corrected chi connectivity index (χ3v) is 5.24. The molecule has 2 aromatic rings. The Morgan fingerprint density at radius 3 is 2.79 bits per heavy atom. The highest BCUT2D eigenvalue weighted by Crippen LogP contribution is 2.27. The minimum Gasteiger partial charge on any atom is -0.369 e. The molecular weight excluding hydrogens is 402 g/mol. The minimum absolute atomic E-state index is 0. The number of anilines is 3. The van der Waals surface area contributed by atoms with Crippen molar-refractivity contribution in [1.29, 1.82) is 0 Å². The van der Waals surface area contributed by atoms with Crippen molar-refractivity contribution in [3.05, 3.63) is 41.3 Å². The first-order valence-corrected chi connectivity index (χ1v) is 9.30. The fraction of sp³-hybridized carbons (Fsp3) is 0.474. The van der Waals surface area contributed by atoms with E-state index in [0.717, 1.165) is 63.5 Å². The Kier molecular flexibility index (Phi) is 8.10. The molecule has 9 heteroatoms. The molecule has 1 atom stereocenters. The van der Waals surface area contributed by atoms with Crippen molar-refractivity contribution in [2.75, 3.05) is 48.7 Å². The summed E-state index contributed by atoms with van der Waals surface area (Å²) in [4.78, 5) is 11.0. The Labute approximate surface area is 177 Å². The molecule has 0 saturated carbocycles. The van der Waals surface area contributed by atoms with E-state index in [-0.39, 0.29) is 30.6 Å². The topological polar surface area (TPSA) is 79.1 Å². The van der Waals surface area contributed by atoms with Gasteiger partial charge in [-0.1, -0.05) is 12.1 Å². The van der Waals surface area contributed by atoms with Crippen LogP contribution in [0.1, 0.15) is 17.7 Å². The van der Waals surface area contributed by atoms with E-state index in [1.54, 1.807) is 6.07 Å². The zero-order chi connectivity index (χ0) is 17.9. The molecule has 1 fully saturated rings. The summed E-state index contributed by atoms with van der Waals surface area (Å²) < 4.78 is 14.0. The normalized spacial score (nSPS) is 18.5. The maximum Gasteiger partial charge on any atom is 0.222 e. The Morgan fingerprint density at radius 1 is 1.18 bits per heavy atom. The van der Waals surface area contributed by atoms with Gasteiger partial charge in [-0.05, 0) is 37.4 Å². The van der Waals surface area contributed by atoms with Crippen LogP contribution in [0.15, 0.2) is 24.3 Å². The van der Waals surface area contributed by atoms with Crippen LogP contribution in [-0.2, 0) is 12.8 Å². The van der Waals surface area contributed by atoms with Gasteiger partial charge in [0.25, 0.3) is 0 Å². The standard InChI is InChI=1S/C19H25FN6.2ClH/c20-15-3-1-2-4-17(15)26-10-7-13(12-26)11-23-18-14-5-8-22-9-6-16(14)24-19(21)25-18;;/h1-4,13,22H,5-12H2,(H3,21,23,24,25);2*1H. The largest absolute Gasteiger partial charge is 0.369 e. The molecule has 4 rings (SSSR count). The summed E-state index contributed by atoms with van der Waals surface area (Å²) in [6.45, 7) is 4.38. The fourth-order valence-electron chi connectivity index (χ4n) is 3.88. The van der Waals surface area contributed by atoms with Crippen LogP contribution < -0.4 is 21.3 Å². The number of hydrogen-bond acceptors (Lipinski definition) is 6. The predicted octanol–water partition coefficient (Wildman–Crippen LogP) is 2.67. The van der Waals surface area contributed by atoms with Gasteiger partial charge in [-0.2, -0.15) is 4.98 Å². The minimum atomic E-state index is -0.150. The van der Waals surface area contributed by atoms with E-state index in [0.29, 0.717) is 17.6 Å². The summed E-state index contributed by atoms with van der Waals surface area (Å²) >= 11 is 0. The van der Waals surface area contributed by atoms with Crippen LogP contribution in [0, 0.1) is 11.7 Å². The zero-order valence-corrected chi connectivity index (χ0v) is 17.3. The molecule has 1 aromatic carbocycles. The maximum absolute atomic E-state index is 14.0. The van der Waals surface area contributed by atoms with Crippen molar-refractivity contribution in [3.63, 3.8) is 0 Å². The van der Waals surface area contributed by atoms with E-state index in [2.05, 4.69) is 25.5 Å². The molecule has 4 N–H and O–H groups in total. The number of hydrogen-bond donors (Lipinski definition) is 3. The van der Waals surface area contributed by atoms with Crippen molar-refractivity contribution in [1.82, 2.24) is 15.3 Å². The summed E-state index contributed by atoms with van der Waals surface area (Å²) in [6, 6.07) is 6.99. The van der Waals surface area contributed by atoms with Crippen LogP contribution in [-0.4, -0.2) is 42.7 Å². The molecule has 1 aromatic heterocycles. The quantitative estimate of drug-likeness (QED) is 0.694. The Balaban J connectivity index is 0.00000140. The summed E-state index contributed by atoms with van der Waals surface area (Å²) in [5.74, 6) is 1.49. The van der Waals surface area contributed by atoms with Crippen LogP contribution in [0.2, 0.25) is 0 Å². The van der Waals surface area contributed by atoms with E-state index < -0.39 is 0 Å². The highest BCUT2D eigenvalue weighted by Gasteiger charge is 2.25. The zero-order valence-electron chi connectivity index (χ0n) is 15.7. The van der Waals surface area contributed by atoms with Gasteiger partial charge in [0.05, 0.1) is 11.4 Å². The second kappa shape index (κ2) is 10.1. The number of rotatable bonds is 4. The Morgan fingerprint density at radius 2 is 1.96 bits per heavy atom. The molecule has 0 bridgehead atoms. The first-order valence-electron chi connectivity index (χ1n) is 9.30. The molecule has 1 saturated heterocycles. The number of nitrogens with two attached hydrogens (primary N) is 1. The smallest absolute Gasteiger partial charge is 0.222 e. The van der Waals surface area contributed by atoms with Crippen molar-refractivity contribution in [2.45, 2.75) is 19.3 Å². The number of aromatic nitrogens is 2. The molecule has 2 aliphatic heterocycles. The lowest BCUT2D eigenvalue weighted by Crippen LogP contribution is -2.24. The SMILES string of the molecule is Cl.Cl.Nc1nc2c(c(NCC3CCN(c4ccccc4F)C3)n1)CCNCC2. The molecule has 0 amide bonds. The van der Waals surface area contributed by atoms with Crippen molar-refractivity contribution in [2.24, 2.45) is 5.92 Å². The predicted molar refractivity (Wildman–Crippen MR) is 116 cm³/mol. The number of halogens is 3. The van der Waals surface area contributed by atoms with Crippen LogP contribution in [0.5, 0.6) is 0 Å². The summed E-state index contributed by atoms with van der Waals surface area (Å²) in [6.07, 6.45) is 2.82. The highest BCUT2D eigenvalue weighted by molar-refractivity contribution is 5.85. The molecule has 0 radical (unpaired) electrons. The van der Waals surface area contributed by atoms with Crippen LogP contribution in [0.3, 0.4) is 0 Å². The third kappa shape index (κ3) is 4.96. The molecule has 1 unspecified atom stereocenters. The first-order chi connectivity index (χ1) is 12.7. The van der Waals surface area contributed by atoms with E-state index in [4.69, 9.17) is 5.73 Å². The van der Waals surface area contributed by atoms with Gasteiger partial charge >= 0.3 is 0 Å². The Hall–Kier alpha value is -1.83. The third-order valence-electron chi connectivity index (χ3n) is 5.24. The van der Waals surface area contributed by atoms with Crippen molar-refractivity contribution >= 4 is 42.3 Å². The second-order valence-corrected chi connectivity index (χ2v) is 7.04. The van der Waals surface area contributed by atoms with Gasteiger partial charge in [-0.3, -0.25) is 0 Å². The average molecular weight is 429 g/mol. The lowest BCUT2D eigenvalue weighted by molar-refractivity contribution is 0.610. The summed E-state index contributed by atoms with van der Waals surface area (Å²) in [5.41, 5.74) is 8.82. The Bertz CT molecular complexity index is 791. The molecular formula is C19H27Cl2FN6. The highest BCUT2D eigenvalue weighted by atomic mass is 35.5. The molecule has 3 heterocycles. The number of nitrogens with one attached hydrogen (secondary N) is 2. The number of benzene rings is 1. The monoisotopic (exact) mass is 428 g/mol. The molecule has 6 nitrogen and oxygen atoms in total. The van der Waals surface area contributed by atoms with Crippen molar-refractivity contribution < 1.29 is 4.39 Å². The molecule has 0 aliphatic carbocycles. The average Bonchev–Trinajstić information content (AvgIpc) is 2.97. The van der Waals surface area contributed by atoms with Crippen LogP contribution in [0.25, 0.3) is 0 Å².